The highest BCUT2D eigenvalue weighted by atomic mass is 32.1. The third kappa shape index (κ3) is 2.34. The summed E-state index contributed by atoms with van der Waals surface area (Å²) in [7, 11) is 0. The van der Waals surface area contributed by atoms with Crippen molar-refractivity contribution in [2.75, 3.05) is 38.4 Å². The van der Waals surface area contributed by atoms with Gasteiger partial charge in [0.2, 0.25) is 6.79 Å². The zero-order valence-electron chi connectivity index (χ0n) is 9.85. The molecule has 1 fully saturated rings. The van der Waals surface area contributed by atoms with Gasteiger partial charge in [-0.1, -0.05) is 0 Å². The maximum atomic E-state index is 5.37. The van der Waals surface area contributed by atoms with Crippen molar-refractivity contribution < 1.29 is 14.2 Å². The molecule has 0 radical (unpaired) electrons. The largest absolute Gasteiger partial charge is 0.454 e. The monoisotopic (exact) mass is 266 g/mol. The maximum absolute atomic E-state index is 5.37. The number of thiocarbonyl (C=S) groups is 1. The van der Waals surface area contributed by atoms with Crippen molar-refractivity contribution >= 4 is 23.0 Å². The maximum Gasteiger partial charge on any atom is 0.231 e. The molecule has 0 bridgehead atoms. The Morgan fingerprint density at radius 3 is 2.78 bits per heavy atom. The Labute approximate surface area is 111 Å². The Morgan fingerprint density at radius 1 is 1.17 bits per heavy atom. The van der Waals surface area contributed by atoms with Crippen molar-refractivity contribution in [1.82, 2.24) is 4.90 Å². The summed E-state index contributed by atoms with van der Waals surface area (Å²) in [5, 5.41) is 3.93. The van der Waals surface area contributed by atoms with E-state index < -0.39 is 0 Å². The topological polar surface area (TPSA) is 43.0 Å². The second kappa shape index (κ2) is 4.99. The summed E-state index contributed by atoms with van der Waals surface area (Å²) in [6.07, 6.45) is 0. The number of ether oxygens (including phenoxy) is 3. The van der Waals surface area contributed by atoms with E-state index in [1.54, 1.807) is 0 Å². The Balaban J connectivity index is 1.66. The molecule has 0 aliphatic carbocycles. The van der Waals surface area contributed by atoms with Gasteiger partial charge >= 0.3 is 0 Å². The number of hydrogen-bond donors (Lipinski definition) is 1. The van der Waals surface area contributed by atoms with E-state index in [0.29, 0.717) is 0 Å². The lowest BCUT2D eigenvalue weighted by atomic mass is 10.3. The van der Waals surface area contributed by atoms with Crippen molar-refractivity contribution in [2.45, 2.75) is 0 Å². The summed E-state index contributed by atoms with van der Waals surface area (Å²) in [5.41, 5.74) is 0.913. The number of anilines is 1. The molecule has 0 saturated carbocycles. The van der Waals surface area contributed by atoms with Crippen LogP contribution in [0.1, 0.15) is 0 Å². The first-order valence-electron chi connectivity index (χ1n) is 5.86. The van der Waals surface area contributed by atoms with Gasteiger partial charge in [0.1, 0.15) is 0 Å². The van der Waals surface area contributed by atoms with E-state index in [1.165, 1.54) is 0 Å². The molecule has 1 aromatic carbocycles. The molecule has 0 amide bonds. The summed E-state index contributed by atoms with van der Waals surface area (Å²) in [6.45, 7) is 3.39. The molecule has 96 valence electrons. The van der Waals surface area contributed by atoms with Crippen LogP contribution in [0.4, 0.5) is 5.69 Å². The van der Waals surface area contributed by atoms with Crippen molar-refractivity contribution in [1.29, 1.82) is 0 Å². The third-order valence-electron chi connectivity index (χ3n) is 2.92. The van der Waals surface area contributed by atoms with Crippen molar-refractivity contribution in [3.05, 3.63) is 18.2 Å². The SMILES string of the molecule is S=C(Nc1ccc2c(c1)OCO2)N1CCOCC1. The number of nitrogens with zero attached hydrogens (tertiary/aromatic N) is 1. The van der Waals surface area contributed by atoms with Gasteiger partial charge in [0.15, 0.2) is 16.6 Å². The van der Waals surface area contributed by atoms with Crippen LogP contribution in [0.3, 0.4) is 0 Å². The average molecular weight is 266 g/mol. The Bertz CT molecular complexity index is 461. The molecule has 6 heteroatoms. The minimum absolute atomic E-state index is 0.284. The van der Waals surface area contributed by atoms with Gasteiger partial charge < -0.3 is 24.4 Å². The lowest BCUT2D eigenvalue weighted by Gasteiger charge is -2.29. The molecule has 2 aliphatic rings. The van der Waals surface area contributed by atoms with Crippen LogP contribution in [0.25, 0.3) is 0 Å². The number of hydrogen-bond acceptors (Lipinski definition) is 4. The van der Waals surface area contributed by atoms with E-state index in [2.05, 4.69) is 10.2 Å². The van der Waals surface area contributed by atoms with Crippen LogP contribution in [0.15, 0.2) is 18.2 Å². The number of nitrogens with one attached hydrogen (secondary N) is 1. The molecule has 2 aliphatic heterocycles. The van der Waals surface area contributed by atoms with Crippen LogP contribution in [-0.2, 0) is 4.74 Å². The quantitative estimate of drug-likeness (QED) is 0.776. The number of fused-ring (bicyclic) bond motifs is 1. The summed E-state index contributed by atoms with van der Waals surface area (Å²) >= 11 is 5.37. The van der Waals surface area contributed by atoms with Gasteiger partial charge in [0.25, 0.3) is 0 Å². The molecule has 5 nitrogen and oxygen atoms in total. The standard InChI is InChI=1S/C12H14N2O3S/c18-12(14-3-5-15-6-4-14)13-9-1-2-10-11(7-9)17-8-16-10/h1-2,7H,3-6,8H2,(H,13,18). The molecule has 0 aromatic heterocycles. The minimum atomic E-state index is 0.284. The van der Waals surface area contributed by atoms with Gasteiger partial charge in [-0.25, -0.2) is 0 Å². The highest BCUT2D eigenvalue weighted by molar-refractivity contribution is 7.80. The molecule has 2 heterocycles. The van der Waals surface area contributed by atoms with Crippen LogP contribution in [0, 0.1) is 0 Å². The fraction of sp³-hybridized carbons (Fsp3) is 0.417. The van der Waals surface area contributed by atoms with Gasteiger partial charge in [0.05, 0.1) is 13.2 Å². The molecular weight excluding hydrogens is 252 g/mol. The fourth-order valence-electron chi connectivity index (χ4n) is 1.94. The van der Waals surface area contributed by atoms with Gasteiger partial charge in [-0.05, 0) is 24.4 Å². The van der Waals surface area contributed by atoms with Gasteiger partial charge in [-0.3, -0.25) is 0 Å². The van der Waals surface area contributed by atoms with E-state index in [0.717, 1.165) is 48.6 Å². The first-order chi connectivity index (χ1) is 8.83. The summed E-state index contributed by atoms with van der Waals surface area (Å²) in [6, 6.07) is 5.71. The zero-order valence-corrected chi connectivity index (χ0v) is 10.7. The fourth-order valence-corrected chi connectivity index (χ4v) is 2.24. The van der Waals surface area contributed by atoms with Crippen molar-refractivity contribution in [2.24, 2.45) is 0 Å². The van der Waals surface area contributed by atoms with E-state index in [-0.39, 0.29) is 6.79 Å². The van der Waals surface area contributed by atoms with E-state index in [9.17, 15) is 0 Å². The molecule has 1 aromatic rings. The first kappa shape index (κ1) is 11.6. The van der Waals surface area contributed by atoms with Crippen LogP contribution in [0.5, 0.6) is 11.5 Å². The molecule has 0 spiro atoms. The zero-order chi connectivity index (χ0) is 12.4. The molecular formula is C12H14N2O3S. The van der Waals surface area contributed by atoms with Crippen molar-refractivity contribution in [3.8, 4) is 11.5 Å². The predicted octanol–water partition coefficient (Wildman–Crippen LogP) is 1.44. The van der Waals surface area contributed by atoms with Gasteiger partial charge in [-0.15, -0.1) is 0 Å². The number of benzene rings is 1. The summed E-state index contributed by atoms with van der Waals surface area (Å²) < 4.78 is 15.9. The van der Waals surface area contributed by atoms with E-state index >= 15 is 0 Å². The third-order valence-corrected chi connectivity index (χ3v) is 3.28. The van der Waals surface area contributed by atoms with Gasteiger partial charge in [-0.2, -0.15) is 0 Å². The lowest BCUT2D eigenvalue weighted by Crippen LogP contribution is -2.42. The highest BCUT2D eigenvalue weighted by Gasteiger charge is 2.16. The van der Waals surface area contributed by atoms with Crippen LogP contribution in [-0.4, -0.2) is 43.1 Å². The Hall–Kier alpha value is -1.53. The second-order valence-electron chi connectivity index (χ2n) is 4.10. The average Bonchev–Trinajstić information content (AvgIpc) is 2.87. The number of rotatable bonds is 1. The van der Waals surface area contributed by atoms with E-state index in [4.69, 9.17) is 26.4 Å². The highest BCUT2D eigenvalue weighted by Crippen LogP contribution is 2.34. The van der Waals surface area contributed by atoms with Crippen LogP contribution < -0.4 is 14.8 Å². The van der Waals surface area contributed by atoms with E-state index in [1.807, 2.05) is 18.2 Å². The first-order valence-corrected chi connectivity index (χ1v) is 6.27. The smallest absolute Gasteiger partial charge is 0.231 e. The van der Waals surface area contributed by atoms with Crippen molar-refractivity contribution in [3.63, 3.8) is 0 Å². The summed E-state index contributed by atoms with van der Waals surface area (Å²) in [5.74, 6) is 1.53. The predicted molar refractivity (Wildman–Crippen MR) is 71.2 cm³/mol. The molecule has 0 atom stereocenters. The molecule has 3 rings (SSSR count). The van der Waals surface area contributed by atoms with Crippen LogP contribution >= 0.6 is 12.2 Å². The molecule has 1 N–H and O–H groups in total. The number of morpholine rings is 1. The van der Waals surface area contributed by atoms with Gasteiger partial charge in [0, 0.05) is 24.8 Å². The molecule has 18 heavy (non-hydrogen) atoms. The lowest BCUT2D eigenvalue weighted by molar-refractivity contribution is 0.0690. The Morgan fingerprint density at radius 2 is 1.94 bits per heavy atom. The van der Waals surface area contributed by atoms with Crippen LogP contribution in [0.2, 0.25) is 0 Å². The molecule has 1 saturated heterocycles. The summed E-state index contributed by atoms with van der Waals surface area (Å²) in [4.78, 5) is 2.10. The minimum Gasteiger partial charge on any atom is -0.454 e. The molecule has 0 unspecified atom stereocenters. The second-order valence-corrected chi connectivity index (χ2v) is 4.48. The normalized spacial score (nSPS) is 17.7. The Kier molecular flexibility index (Phi) is 3.21.